The summed E-state index contributed by atoms with van der Waals surface area (Å²) in [5, 5.41) is 8.78. The Hall–Kier alpha value is -1.13. The molecule has 1 rings (SSSR count). The molecule has 1 aliphatic rings. The predicted octanol–water partition coefficient (Wildman–Crippen LogP) is 1.40. The summed E-state index contributed by atoms with van der Waals surface area (Å²) in [6, 6.07) is 2.08. The second-order valence-electron chi connectivity index (χ2n) is 3.56. The van der Waals surface area contributed by atoms with E-state index in [0.717, 1.165) is 6.42 Å². The minimum absolute atomic E-state index is 0.154. The van der Waals surface area contributed by atoms with Crippen LogP contribution in [0.5, 0.6) is 0 Å². The van der Waals surface area contributed by atoms with E-state index in [1.54, 1.807) is 0 Å². The minimum Gasteiger partial charge on any atom is -0.211 e. The fourth-order valence-electron chi connectivity index (χ4n) is 1.38. The van der Waals surface area contributed by atoms with Crippen LogP contribution in [0.2, 0.25) is 0 Å². The van der Waals surface area contributed by atoms with Gasteiger partial charge in [-0.25, -0.2) is 4.79 Å². The van der Waals surface area contributed by atoms with Crippen molar-refractivity contribution in [2.75, 3.05) is 0 Å². The number of aliphatic imine (C=N–C) groups is 1. The third-order valence-electron chi connectivity index (χ3n) is 2.65. The fraction of sp³-hybridized carbons (Fsp3) is 0.750. The van der Waals surface area contributed by atoms with Crippen LogP contribution in [0, 0.1) is 16.7 Å². The van der Waals surface area contributed by atoms with Gasteiger partial charge in [0, 0.05) is 5.41 Å². The van der Waals surface area contributed by atoms with Gasteiger partial charge in [0.15, 0.2) is 5.54 Å². The zero-order chi connectivity index (χ0) is 8.54. The summed E-state index contributed by atoms with van der Waals surface area (Å²) in [5.74, 6) is 0. The Morgan fingerprint density at radius 2 is 2.09 bits per heavy atom. The standard InChI is InChI=1S/C8H10N2O/c1-7(2)3-4-8(7,5-9)10-6-11/h3-4H2,1-2H3. The summed E-state index contributed by atoms with van der Waals surface area (Å²) in [5.41, 5.74) is -0.937. The Labute approximate surface area is 65.7 Å². The monoisotopic (exact) mass is 150 g/mol. The predicted molar refractivity (Wildman–Crippen MR) is 39.5 cm³/mol. The van der Waals surface area contributed by atoms with Gasteiger partial charge in [0.05, 0.1) is 6.07 Å². The third-order valence-corrected chi connectivity index (χ3v) is 2.65. The van der Waals surface area contributed by atoms with Gasteiger partial charge in [-0.15, -0.1) is 0 Å². The van der Waals surface area contributed by atoms with Gasteiger partial charge in [0.25, 0.3) is 0 Å². The molecule has 0 saturated heterocycles. The van der Waals surface area contributed by atoms with Gasteiger partial charge in [-0.2, -0.15) is 10.3 Å². The normalized spacial score (nSPS) is 32.8. The van der Waals surface area contributed by atoms with Crippen molar-refractivity contribution < 1.29 is 4.79 Å². The summed E-state index contributed by atoms with van der Waals surface area (Å²) in [6.07, 6.45) is 3.11. The lowest BCUT2D eigenvalue weighted by molar-refractivity contribution is 0.0854. The van der Waals surface area contributed by atoms with Crippen molar-refractivity contribution >= 4 is 6.08 Å². The smallest absolute Gasteiger partial charge is 0.211 e. The van der Waals surface area contributed by atoms with Crippen LogP contribution in [-0.2, 0) is 4.79 Å². The molecule has 0 amide bonds. The first kappa shape index (κ1) is 7.97. The first-order valence-corrected chi connectivity index (χ1v) is 3.58. The van der Waals surface area contributed by atoms with Crippen LogP contribution in [0.3, 0.4) is 0 Å². The van der Waals surface area contributed by atoms with Gasteiger partial charge in [0.1, 0.15) is 0 Å². The summed E-state index contributed by atoms with van der Waals surface area (Å²) >= 11 is 0. The highest BCUT2D eigenvalue weighted by Crippen LogP contribution is 2.51. The van der Waals surface area contributed by atoms with Crippen molar-refractivity contribution in [3.63, 3.8) is 0 Å². The van der Waals surface area contributed by atoms with Gasteiger partial charge in [0.2, 0.25) is 6.08 Å². The zero-order valence-corrected chi connectivity index (χ0v) is 6.72. The number of nitrogens with zero attached hydrogens (tertiary/aromatic N) is 2. The third kappa shape index (κ3) is 0.875. The highest BCUT2D eigenvalue weighted by atomic mass is 16.1. The average Bonchev–Trinajstić information content (AvgIpc) is 1.98. The molecule has 0 aromatic rings. The Morgan fingerprint density at radius 1 is 1.45 bits per heavy atom. The van der Waals surface area contributed by atoms with E-state index in [0.29, 0.717) is 6.42 Å². The minimum atomic E-state index is -0.783. The zero-order valence-electron chi connectivity index (χ0n) is 6.72. The fourth-order valence-corrected chi connectivity index (χ4v) is 1.38. The number of carbonyl (C=O) groups excluding carboxylic acids is 1. The van der Waals surface area contributed by atoms with E-state index in [2.05, 4.69) is 11.1 Å². The van der Waals surface area contributed by atoms with Gasteiger partial charge in [-0.3, -0.25) is 0 Å². The molecule has 0 heterocycles. The van der Waals surface area contributed by atoms with Crippen LogP contribution in [0.1, 0.15) is 26.7 Å². The SMILES string of the molecule is CC1(C)CCC1(C#N)N=C=O. The maximum absolute atomic E-state index is 10.0. The number of hydrogen-bond acceptors (Lipinski definition) is 3. The van der Waals surface area contributed by atoms with Crippen molar-refractivity contribution in [1.82, 2.24) is 0 Å². The number of isocyanates is 1. The van der Waals surface area contributed by atoms with Gasteiger partial charge >= 0.3 is 0 Å². The molecule has 0 N–H and O–H groups in total. The largest absolute Gasteiger partial charge is 0.236 e. The quantitative estimate of drug-likeness (QED) is 0.419. The first-order valence-electron chi connectivity index (χ1n) is 3.58. The summed E-state index contributed by atoms with van der Waals surface area (Å²) in [4.78, 5) is 13.6. The van der Waals surface area contributed by atoms with E-state index in [-0.39, 0.29) is 5.41 Å². The summed E-state index contributed by atoms with van der Waals surface area (Å²) in [7, 11) is 0. The first-order chi connectivity index (χ1) is 5.08. The number of nitriles is 1. The van der Waals surface area contributed by atoms with Crippen LogP contribution in [0.25, 0.3) is 0 Å². The lowest BCUT2D eigenvalue weighted by Crippen LogP contribution is -2.51. The molecule has 1 unspecified atom stereocenters. The van der Waals surface area contributed by atoms with E-state index in [9.17, 15) is 4.79 Å². The number of rotatable bonds is 1. The molecule has 1 saturated carbocycles. The van der Waals surface area contributed by atoms with Crippen LogP contribution in [0.15, 0.2) is 4.99 Å². The Kier molecular flexibility index (Phi) is 1.58. The van der Waals surface area contributed by atoms with Gasteiger partial charge in [-0.05, 0) is 12.8 Å². The van der Waals surface area contributed by atoms with Crippen molar-refractivity contribution in [2.45, 2.75) is 32.2 Å². The molecule has 0 aromatic carbocycles. The lowest BCUT2D eigenvalue weighted by Gasteiger charge is -2.47. The molecule has 1 atom stereocenters. The van der Waals surface area contributed by atoms with Crippen molar-refractivity contribution in [3.05, 3.63) is 0 Å². The Balaban J connectivity index is 2.98. The van der Waals surface area contributed by atoms with E-state index < -0.39 is 5.54 Å². The van der Waals surface area contributed by atoms with E-state index in [1.165, 1.54) is 6.08 Å². The molecule has 11 heavy (non-hydrogen) atoms. The van der Waals surface area contributed by atoms with Crippen molar-refractivity contribution in [3.8, 4) is 6.07 Å². The molecule has 0 bridgehead atoms. The molecular weight excluding hydrogens is 140 g/mol. The second-order valence-corrected chi connectivity index (χ2v) is 3.56. The summed E-state index contributed by atoms with van der Waals surface area (Å²) < 4.78 is 0. The Morgan fingerprint density at radius 3 is 2.18 bits per heavy atom. The van der Waals surface area contributed by atoms with E-state index in [4.69, 9.17) is 5.26 Å². The molecule has 0 spiro atoms. The summed E-state index contributed by atoms with van der Waals surface area (Å²) in [6.45, 7) is 3.89. The van der Waals surface area contributed by atoms with Crippen molar-refractivity contribution in [2.24, 2.45) is 10.4 Å². The molecule has 0 radical (unpaired) electrons. The second kappa shape index (κ2) is 2.18. The van der Waals surface area contributed by atoms with Crippen LogP contribution < -0.4 is 0 Å². The topological polar surface area (TPSA) is 53.2 Å². The van der Waals surface area contributed by atoms with Gasteiger partial charge < -0.3 is 0 Å². The molecule has 1 aliphatic carbocycles. The molecular formula is C8H10N2O. The molecule has 3 nitrogen and oxygen atoms in total. The van der Waals surface area contributed by atoms with Crippen LogP contribution in [0.4, 0.5) is 0 Å². The highest BCUT2D eigenvalue weighted by Gasteiger charge is 2.54. The lowest BCUT2D eigenvalue weighted by atomic mass is 9.57. The Bertz CT molecular complexity index is 258. The van der Waals surface area contributed by atoms with Crippen LogP contribution in [-0.4, -0.2) is 11.6 Å². The molecule has 0 aliphatic heterocycles. The van der Waals surface area contributed by atoms with Crippen LogP contribution >= 0.6 is 0 Å². The van der Waals surface area contributed by atoms with Crippen molar-refractivity contribution in [1.29, 1.82) is 5.26 Å². The average molecular weight is 150 g/mol. The maximum Gasteiger partial charge on any atom is 0.236 e. The molecule has 0 aromatic heterocycles. The number of hydrogen-bond donors (Lipinski definition) is 0. The van der Waals surface area contributed by atoms with E-state index in [1.807, 2.05) is 13.8 Å². The molecule has 58 valence electrons. The van der Waals surface area contributed by atoms with E-state index >= 15 is 0 Å². The molecule has 3 heteroatoms. The molecule has 1 fully saturated rings. The highest BCUT2D eigenvalue weighted by molar-refractivity contribution is 5.39. The maximum atomic E-state index is 10.0. The van der Waals surface area contributed by atoms with Gasteiger partial charge in [-0.1, -0.05) is 13.8 Å².